The van der Waals surface area contributed by atoms with Crippen molar-refractivity contribution in [3.05, 3.63) is 29.3 Å². The first-order valence-corrected chi connectivity index (χ1v) is 10.0. The molecular formula is C22H35NO6. The Balaban J connectivity index is 3.19. The average Bonchev–Trinajstić information content (AvgIpc) is 2.63. The number of carboxylic acid groups (broad SMARTS) is 1. The van der Waals surface area contributed by atoms with E-state index in [-0.39, 0.29) is 23.4 Å². The molecule has 0 saturated carbocycles. The topological polar surface area (TPSA) is 85.3 Å². The predicted octanol–water partition coefficient (Wildman–Crippen LogP) is 4.90. The number of carbonyl (C=O) groups excluding carboxylic acids is 1. The lowest BCUT2D eigenvalue weighted by atomic mass is 10.0. The van der Waals surface area contributed by atoms with Gasteiger partial charge in [-0.05, 0) is 58.7 Å². The molecule has 0 fully saturated rings. The average molecular weight is 410 g/mol. The van der Waals surface area contributed by atoms with Gasteiger partial charge in [-0.25, -0.2) is 9.59 Å². The van der Waals surface area contributed by atoms with Crippen LogP contribution < -0.4 is 4.74 Å². The van der Waals surface area contributed by atoms with Gasteiger partial charge in [-0.3, -0.25) is 4.90 Å². The van der Waals surface area contributed by atoms with Crippen LogP contribution >= 0.6 is 0 Å². The van der Waals surface area contributed by atoms with Crippen molar-refractivity contribution in [1.29, 1.82) is 0 Å². The van der Waals surface area contributed by atoms with E-state index in [0.29, 0.717) is 19.6 Å². The fraction of sp³-hybridized carbons (Fsp3) is 0.636. The van der Waals surface area contributed by atoms with Gasteiger partial charge < -0.3 is 19.3 Å². The van der Waals surface area contributed by atoms with Gasteiger partial charge in [-0.1, -0.05) is 13.0 Å². The number of rotatable bonds is 10. The first-order valence-electron chi connectivity index (χ1n) is 10.0. The second-order valence-electron chi connectivity index (χ2n) is 8.08. The molecule has 0 bridgehead atoms. The van der Waals surface area contributed by atoms with Crippen molar-refractivity contribution in [1.82, 2.24) is 4.90 Å². The van der Waals surface area contributed by atoms with Crippen molar-refractivity contribution in [3.8, 4) is 5.75 Å². The van der Waals surface area contributed by atoms with Crippen LogP contribution in [0.1, 0.15) is 76.3 Å². The minimum Gasteiger partial charge on any atom is -0.493 e. The van der Waals surface area contributed by atoms with Gasteiger partial charge in [0.1, 0.15) is 16.9 Å². The molecule has 0 radical (unpaired) electrons. The highest BCUT2D eigenvalue weighted by Gasteiger charge is 2.30. The Bertz CT molecular complexity index is 682. The number of hydrogen-bond donors (Lipinski definition) is 1. The highest BCUT2D eigenvalue weighted by molar-refractivity contribution is 5.91. The van der Waals surface area contributed by atoms with Gasteiger partial charge in [0.15, 0.2) is 0 Å². The Morgan fingerprint density at radius 1 is 1.17 bits per heavy atom. The Morgan fingerprint density at radius 2 is 1.83 bits per heavy atom. The Kier molecular flexibility index (Phi) is 9.43. The number of carboxylic acids is 1. The van der Waals surface area contributed by atoms with Crippen LogP contribution in [-0.2, 0) is 9.47 Å². The normalized spacial score (nSPS) is 13.5. The van der Waals surface area contributed by atoms with E-state index in [2.05, 4.69) is 0 Å². The fourth-order valence-electron chi connectivity index (χ4n) is 2.87. The van der Waals surface area contributed by atoms with Crippen LogP contribution in [0.15, 0.2) is 18.2 Å². The Labute approximate surface area is 173 Å². The molecule has 0 aliphatic rings. The molecule has 0 saturated heterocycles. The van der Waals surface area contributed by atoms with Gasteiger partial charge in [0.05, 0.1) is 12.6 Å². The fourth-order valence-corrected chi connectivity index (χ4v) is 2.87. The van der Waals surface area contributed by atoms with Crippen LogP contribution in [-0.4, -0.2) is 54.0 Å². The number of aromatic carboxylic acids is 1. The molecule has 0 aliphatic heterocycles. The molecule has 0 spiro atoms. The standard InChI is InChI=1S/C22H35NO6/c1-8-15(2)23(21(26)29-22(4,5)6)16(3)17-10-11-18(20(24)25)19(14-17)28-13-9-12-27-7/h10-11,14-16H,8-9,12-13H2,1-7H3,(H,24,25). The van der Waals surface area contributed by atoms with Crippen molar-refractivity contribution in [2.45, 2.75) is 72.1 Å². The van der Waals surface area contributed by atoms with Gasteiger partial charge in [-0.15, -0.1) is 0 Å². The lowest BCUT2D eigenvalue weighted by Crippen LogP contribution is -2.43. The second-order valence-corrected chi connectivity index (χ2v) is 8.08. The number of carbonyl (C=O) groups is 2. The third-order valence-electron chi connectivity index (χ3n) is 4.56. The summed E-state index contributed by atoms with van der Waals surface area (Å²) in [6.45, 7) is 12.2. The van der Waals surface area contributed by atoms with Gasteiger partial charge in [0.25, 0.3) is 0 Å². The summed E-state index contributed by atoms with van der Waals surface area (Å²) in [7, 11) is 1.60. The Hall–Kier alpha value is -2.28. The van der Waals surface area contributed by atoms with E-state index in [0.717, 1.165) is 12.0 Å². The molecule has 1 N–H and O–H groups in total. The van der Waals surface area contributed by atoms with E-state index in [1.165, 1.54) is 6.07 Å². The number of amides is 1. The summed E-state index contributed by atoms with van der Waals surface area (Å²) in [5.41, 5.74) is 0.263. The number of ether oxygens (including phenoxy) is 3. The second kappa shape index (κ2) is 11.0. The minimum absolute atomic E-state index is 0.0509. The smallest absolute Gasteiger partial charge is 0.411 e. The van der Waals surface area contributed by atoms with Crippen LogP contribution in [0.5, 0.6) is 5.75 Å². The first-order chi connectivity index (χ1) is 13.5. The number of methoxy groups -OCH3 is 1. The van der Waals surface area contributed by atoms with Crippen molar-refractivity contribution in [3.63, 3.8) is 0 Å². The van der Waals surface area contributed by atoms with Crippen LogP contribution in [0.25, 0.3) is 0 Å². The summed E-state index contributed by atoms with van der Waals surface area (Å²) in [4.78, 5) is 26.1. The van der Waals surface area contributed by atoms with Crippen LogP contribution in [0, 0.1) is 0 Å². The molecule has 2 atom stereocenters. The van der Waals surface area contributed by atoms with Crippen molar-refractivity contribution < 1.29 is 28.9 Å². The van der Waals surface area contributed by atoms with E-state index in [9.17, 15) is 14.7 Å². The third kappa shape index (κ3) is 7.57. The van der Waals surface area contributed by atoms with Gasteiger partial charge in [0, 0.05) is 26.2 Å². The largest absolute Gasteiger partial charge is 0.493 e. The van der Waals surface area contributed by atoms with Gasteiger partial charge in [0.2, 0.25) is 0 Å². The maximum Gasteiger partial charge on any atom is 0.411 e. The molecule has 1 rings (SSSR count). The summed E-state index contributed by atoms with van der Waals surface area (Å²) in [6.07, 6.45) is 1.01. The third-order valence-corrected chi connectivity index (χ3v) is 4.56. The van der Waals surface area contributed by atoms with E-state index in [1.54, 1.807) is 24.1 Å². The van der Waals surface area contributed by atoms with Crippen molar-refractivity contribution in [2.75, 3.05) is 20.3 Å². The Morgan fingerprint density at radius 3 is 2.34 bits per heavy atom. The number of benzene rings is 1. The molecular weight excluding hydrogens is 374 g/mol. The quantitative estimate of drug-likeness (QED) is 0.554. The summed E-state index contributed by atoms with van der Waals surface area (Å²) in [6, 6.07) is 4.56. The van der Waals surface area contributed by atoms with E-state index in [4.69, 9.17) is 14.2 Å². The minimum atomic E-state index is -1.06. The highest BCUT2D eigenvalue weighted by atomic mass is 16.6. The SMILES string of the molecule is CCC(C)N(C(=O)OC(C)(C)C)C(C)c1ccc(C(=O)O)c(OCCCOC)c1. The summed E-state index contributed by atoms with van der Waals surface area (Å²) in [5, 5.41) is 9.46. The van der Waals surface area contributed by atoms with Gasteiger partial charge in [-0.2, -0.15) is 0 Å². The van der Waals surface area contributed by atoms with E-state index < -0.39 is 17.7 Å². The first kappa shape index (κ1) is 24.8. The van der Waals surface area contributed by atoms with Crippen LogP contribution in [0.3, 0.4) is 0 Å². The molecule has 7 heteroatoms. The van der Waals surface area contributed by atoms with Crippen LogP contribution in [0.2, 0.25) is 0 Å². The monoisotopic (exact) mass is 409 g/mol. The lowest BCUT2D eigenvalue weighted by molar-refractivity contribution is 0.00773. The molecule has 7 nitrogen and oxygen atoms in total. The van der Waals surface area contributed by atoms with E-state index in [1.807, 2.05) is 41.5 Å². The van der Waals surface area contributed by atoms with Crippen LogP contribution in [0.4, 0.5) is 4.79 Å². The molecule has 0 aromatic heterocycles. The lowest BCUT2D eigenvalue weighted by Gasteiger charge is -2.36. The molecule has 164 valence electrons. The molecule has 29 heavy (non-hydrogen) atoms. The number of hydrogen-bond acceptors (Lipinski definition) is 5. The number of nitrogens with zero attached hydrogens (tertiary/aromatic N) is 1. The summed E-state index contributed by atoms with van der Waals surface area (Å²) >= 11 is 0. The molecule has 1 aromatic rings. The zero-order valence-electron chi connectivity index (χ0n) is 18.7. The summed E-state index contributed by atoms with van der Waals surface area (Å²) < 4.78 is 16.3. The highest BCUT2D eigenvalue weighted by Crippen LogP contribution is 2.30. The van der Waals surface area contributed by atoms with E-state index >= 15 is 0 Å². The zero-order valence-corrected chi connectivity index (χ0v) is 18.7. The molecule has 0 aliphatic carbocycles. The molecule has 1 amide bonds. The maximum atomic E-state index is 12.8. The molecule has 0 heterocycles. The predicted molar refractivity (Wildman–Crippen MR) is 112 cm³/mol. The molecule has 2 unspecified atom stereocenters. The summed E-state index contributed by atoms with van der Waals surface area (Å²) in [5.74, 6) is -0.775. The van der Waals surface area contributed by atoms with Crippen molar-refractivity contribution >= 4 is 12.1 Å². The van der Waals surface area contributed by atoms with Gasteiger partial charge >= 0.3 is 12.1 Å². The molecule has 1 aromatic carbocycles. The zero-order chi connectivity index (χ0) is 22.2. The van der Waals surface area contributed by atoms with Crippen molar-refractivity contribution in [2.24, 2.45) is 0 Å². The maximum absolute atomic E-state index is 12.8.